The Morgan fingerprint density at radius 2 is 2.10 bits per heavy atom. The molecule has 31 heavy (non-hydrogen) atoms. The summed E-state index contributed by atoms with van der Waals surface area (Å²) in [4.78, 5) is 16.9. The number of nitrogens with zero attached hydrogens (tertiary/aromatic N) is 3. The highest BCUT2D eigenvalue weighted by molar-refractivity contribution is 7.88. The number of halogens is 1. The summed E-state index contributed by atoms with van der Waals surface area (Å²) in [5.41, 5.74) is 1.89. The van der Waals surface area contributed by atoms with Crippen LogP contribution in [0, 0.1) is 24.1 Å². The largest absolute Gasteiger partial charge is 0.294 e. The monoisotopic (exact) mass is 443 g/mol. The van der Waals surface area contributed by atoms with Gasteiger partial charge in [-0.2, -0.15) is 9.57 Å². The van der Waals surface area contributed by atoms with E-state index in [0.717, 1.165) is 6.42 Å². The zero-order valence-corrected chi connectivity index (χ0v) is 18.6. The number of ketones is 1. The summed E-state index contributed by atoms with van der Waals surface area (Å²) in [6.45, 7) is 3.93. The molecule has 0 spiro atoms. The van der Waals surface area contributed by atoms with E-state index < -0.39 is 21.9 Å². The Bertz CT molecular complexity index is 1130. The first-order valence-corrected chi connectivity index (χ1v) is 12.1. The third-order valence-corrected chi connectivity index (χ3v) is 7.35. The summed E-state index contributed by atoms with van der Waals surface area (Å²) in [6, 6.07) is 8.61. The lowest BCUT2D eigenvalue weighted by Gasteiger charge is -2.35. The first-order valence-electron chi connectivity index (χ1n) is 10.5. The van der Waals surface area contributed by atoms with Gasteiger partial charge >= 0.3 is 0 Å². The van der Waals surface area contributed by atoms with Gasteiger partial charge in [0.1, 0.15) is 11.9 Å². The van der Waals surface area contributed by atoms with Crippen LogP contribution in [-0.2, 0) is 15.8 Å². The fourth-order valence-electron chi connectivity index (χ4n) is 4.04. The molecular formula is C23H26FN3O3S. The molecular weight excluding hydrogens is 417 g/mol. The van der Waals surface area contributed by atoms with Crippen LogP contribution < -0.4 is 0 Å². The summed E-state index contributed by atoms with van der Waals surface area (Å²) < 4.78 is 41.4. The van der Waals surface area contributed by atoms with E-state index in [1.54, 1.807) is 19.1 Å². The first-order chi connectivity index (χ1) is 14.8. The number of aryl methyl sites for hydroxylation is 1. The number of piperidine rings is 1. The number of rotatable bonds is 7. The number of carbonyl (C=O) groups is 1. The number of benzene rings is 1. The predicted octanol–water partition coefficient (Wildman–Crippen LogP) is 4.44. The molecule has 0 radical (unpaired) electrons. The minimum atomic E-state index is -3.77. The molecule has 6 nitrogen and oxygen atoms in total. The number of hydrogen-bond donors (Lipinski definition) is 0. The highest BCUT2D eigenvalue weighted by atomic mass is 32.2. The summed E-state index contributed by atoms with van der Waals surface area (Å²) in [6.07, 6.45) is 3.10. The molecule has 0 amide bonds. The lowest BCUT2D eigenvalue weighted by Crippen LogP contribution is -2.40. The van der Waals surface area contributed by atoms with Gasteiger partial charge in [0.05, 0.1) is 23.1 Å². The van der Waals surface area contributed by atoms with Crippen LogP contribution in [0.1, 0.15) is 77.9 Å². The molecule has 0 bridgehead atoms. The molecule has 8 heteroatoms. The molecule has 1 aliphatic rings. The van der Waals surface area contributed by atoms with Crippen LogP contribution in [0.15, 0.2) is 30.3 Å². The maximum Gasteiger partial charge on any atom is 0.218 e. The quantitative estimate of drug-likeness (QED) is 0.590. The van der Waals surface area contributed by atoms with Gasteiger partial charge in [-0.3, -0.25) is 9.78 Å². The molecule has 1 aromatic heterocycles. The Morgan fingerprint density at radius 1 is 1.32 bits per heavy atom. The molecule has 3 rings (SSSR count). The Labute approximate surface area is 182 Å². The molecule has 0 aliphatic carbocycles. The van der Waals surface area contributed by atoms with E-state index in [2.05, 4.69) is 11.1 Å². The molecule has 0 N–H and O–H groups in total. The second-order valence-electron chi connectivity index (χ2n) is 7.85. The highest BCUT2D eigenvalue weighted by Crippen LogP contribution is 2.35. The van der Waals surface area contributed by atoms with Crippen LogP contribution in [0.25, 0.3) is 0 Å². The first kappa shape index (κ1) is 23.0. The normalized spacial score (nSPS) is 17.3. The smallest absolute Gasteiger partial charge is 0.218 e. The lowest BCUT2D eigenvalue weighted by atomic mass is 9.95. The zero-order chi connectivity index (χ0) is 22.6. The molecule has 164 valence electrons. The van der Waals surface area contributed by atoms with Crippen molar-refractivity contribution in [2.75, 3.05) is 6.54 Å². The summed E-state index contributed by atoms with van der Waals surface area (Å²) in [5, 5.41) is 9.72. The Hall–Kier alpha value is -2.63. The van der Waals surface area contributed by atoms with Crippen molar-refractivity contribution in [3.63, 3.8) is 0 Å². The van der Waals surface area contributed by atoms with Crippen molar-refractivity contribution in [3.8, 4) is 6.07 Å². The van der Waals surface area contributed by atoms with Gasteiger partial charge in [-0.1, -0.05) is 25.5 Å². The van der Waals surface area contributed by atoms with E-state index in [4.69, 9.17) is 0 Å². The van der Waals surface area contributed by atoms with Gasteiger partial charge in [0, 0.05) is 24.2 Å². The van der Waals surface area contributed by atoms with Gasteiger partial charge < -0.3 is 0 Å². The van der Waals surface area contributed by atoms with Crippen LogP contribution in [0.5, 0.6) is 0 Å². The third kappa shape index (κ3) is 5.17. The second kappa shape index (κ2) is 9.67. The van der Waals surface area contributed by atoms with Crippen LogP contribution in [0.4, 0.5) is 4.39 Å². The number of pyridine rings is 1. The van der Waals surface area contributed by atoms with Crippen molar-refractivity contribution < 1.29 is 17.6 Å². The summed E-state index contributed by atoms with van der Waals surface area (Å²) in [5.74, 6) is -0.885. The summed E-state index contributed by atoms with van der Waals surface area (Å²) >= 11 is 0. The fourth-order valence-corrected chi connectivity index (χ4v) is 5.81. The number of Topliss-reactive ketones (excluding diaryl/α,β-unsaturated/α-hetero) is 1. The third-order valence-electron chi connectivity index (χ3n) is 5.51. The Morgan fingerprint density at radius 3 is 2.77 bits per heavy atom. The topological polar surface area (TPSA) is 91.1 Å². The Kier molecular flexibility index (Phi) is 7.19. The van der Waals surface area contributed by atoms with Crippen LogP contribution >= 0.6 is 0 Å². The standard InChI is InChI=1S/C23H26FN3O3S/c1-3-7-22(28)20-13-18(14-25)23(26-16(20)2)21-10-4-5-11-27(21)31(29,30)15-17-8-6-9-19(24)12-17/h6,8-9,12-13,21H,3-5,7,10-11,15H2,1-2H3. The van der Waals surface area contributed by atoms with Crippen LogP contribution in [0.2, 0.25) is 0 Å². The molecule has 1 atom stereocenters. The molecule has 1 fully saturated rings. The molecule has 1 unspecified atom stereocenters. The number of aromatic nitrogens is 1. The van der Waals surface area contributed by atoms with E-state index in [0.29, 0.717) is 54.7 Å². The molecule has 1 aliphatic heterocycles. The minimum absolute atomic E-state index is 0.0743. The van der Waals surface area contributed by atoms with Gasteiger partial charge in [0.15, 0.2) is 5.78 Å². The van der Waals surface area contributed by atoms with Crippen LogP contribution in [-0.4, -0.2) is 30.0 Å². The van der Waals surface area contributed by atoms with Gasteiger partial charge in [-0.05, 0) is 49.9 Å². The van der Waals surface area contributed by atoms with Gasteiger partial charge in [-0.15, -0.1) is 0 Å². The average molecular weight is 444 g/mol. The molecule has 1 saturated heterocycles. The van der Waals surface area contributed by atoms with E-state index >= 15 is 0 Å². The zero-order valence-electron chi connectivity index (χ0n) is 17.8. The van der Waals surface area contributed by atoms with Crippen molar-refractivity contribution in [3.05, 3.63) is 64.2 Å². The van der Waals surface area contributed by atoms with Crippen molar-refractivity contribution in [2.45, 2.75) is 57.7 Å². The lowest BCUT2D eigenvalue weighted by molar-refractivity contribution is 0.0980. The van der Waals surface area contributed by atoms with Crippen molar-refractivity contribution >= 4 is 15.8 Å². The maximum atomic E-state index is 13.5. The van der Waals surface area contributed by atoms with Gasteiger partial charge in [-0.25, -0.2) is 12.8 Å². The second-order valence-corrected chi connectivity index (χ2v) is 9.77. The molecule has 2 heterocycles. The average Bonchev–Trinajstić information content (AvgIpc) is 2.73. The van der Waals surface area contributed by atoms with E-state index in [1.165, 1.54) is 22.5 Å². The summed E-state index contributed by atoms with van der Waals surface area (Å²) in [7, 11) is -3.77. The van der Waals surface area contributed by atoms with Crippen LogP contribution in [0.3, 0.4) is 0 Å². The van der Waals surface area contributed by atoms with Gasteiger partial charge in [0.2, 0.25) is 10.0 Å². The van der Waals surface area contributed by atoms with Crippen molar-refractivity contribution in [1.82, 2.24) is 9.29 Å². The minimum Gasteiger partial charge on any atom is -0.294 e. The van der Waals surface area contributed by atoms with Crippen molar-refractivity contribution in [1.29, 1.82) is 5.26 Å². The maximum absolute atomic E-state index is 13.5. The van der Waals surface area contributed by atoms with E-state index in [9.17, 15) is 22.9 Å². The number of hydrogen-bond acceptors (Lipinski definition) is 5. The number of nitriles is 1. The SMILES string of the molecule is CCCC(=O)c1cc(C#N)c(C2CCCCN2S(=O)(=O)Cc2cccc(F)c2)nc1C. The number of carbonyl (C=O) groups excluding carboxylic acids is 1. The van der Waals surface area contributed by atoms with Gasteiger partial charge in [0.25, 0.3) is 0 Å². The number of sulfonamides is 1. The molecule has 1 aromatic carbocycles. The van der Waals surface area contributed by atoms with E-state index in [1.807, 2.05) is 6.92 Å². The fraction of sp³-hybridized carbons (Fsp3) is 0.435. The highest BCUT2D eigenvalue weighted by Gasteiger charge is 2.36. The van der Waals surface area contributed by atoms with Crippen molar-refractivity contribution in [2.24, 2.45) is 0 Å². The predicted molar refractivity (Wildman–Crippen MR) is 115 cm³/mol. The molecule has 2 aromatic rings. The van der Waals surface area contributed by atoms with E-state index in [-0.39, 0.29) is 17.1 Å². The Balaban J connectivity index is 1.99. The molecule has 0 saturated carbocycles.